The first-order valence-corrected chi connectivity index (χ1v) is 18.1. The third-order valence-corrected chi connectivity index (χ3v) is 11.9. The van der Waals surface area contributed by atoms with E-state index in [2.05, 4.69) is 31.9 Å². The van der Waals surface area contributed by atoms with Crippen LogP contribution in [0.15, 0.2) is 11.1 Å². The van der Waals surface area contributed by atoms with Gasteiger partial charge in [-0.05, 0) is 0 Å². The van der Waals surface area contributed by atoms with Crippen LogP contribution in [0.25, 0.3) is 11.2 Å². The molecule has 2 aliphatic heterocycles. The number of anilines is 1. The summed E-state index contributed by atoms with van der Waals surface area (Å²) >= 11 is 0. The molecule has 0 saturated carbocycles. The summed E-state index contributed by atoms with van der Waals surface area (Å²) in [6.45, 7) is -2.42. The summed E-state index contributed by atoms with van der Waals surface area (Å²) in [7, 11) is -18.5. The van der Waals surface area contributed by atoms with Crippen molar-refractivity contribution >= 4 is 56.2 Å². The zero-order valence-electron chi connectivity index (χ0n) is 22.7. The minimum atomic E-state index is -6.56. The van der Waals surface area contributed by atoms with Gasteiger partial charge in [-0.1, -0.05) is 4.98 Å². The molecule has 7 N–H and O–H groups in total. The normalized spacial score (nSPS) is 33.8. The molecular formula is C16H23BN5O20P4-3. The van der Waals surface area contributed by atoms with Gasteiger partial charge < -0.3 is 64.3 Å². The Balaban J connectivity index is 1.34. The molecule has 2 radical (unpaired) electrons. The monoisotopic (exact) mass is 740 g/mol. The van der Waals surface area contributed by atoms with Crippen LogP contribution in [0.5, 0.6) is 0 Å². The number of nitrogens with two attached hydrogens (primary N) is 1. The highest BCUT2D eigenvalue weighted by Gasteiger charge is 2.47. The van der Waals surface area contributed by atoms with Crippen molar-refractivity contribution < 1.29 is 94.3 Å². The Morgan fingerprint density at radius 3 is 1.89 bits per heavy atom. The number of hydrogen-bond donors (Lipinski definition) is 6. The number of aromatic nitrogens is 4. The lowest BCUT2D eigenvalue weighted by Crippen LogP contribution is -2.46. The van der Waals surface area contributed by atoms with Gasteiger partial charge in [-0.2, -0.15) is 0 Å². The number of nitrogen functional groups attached to an aromatic ring is 1. The van der Waals surface area contributed by atoms with Gasteiger partial charge in [0.2, 0.25) is 11.7 Å². The highest BCUT2D eigenvalue weighted by Crippen LogP contribution is 2.66. The van der Waals surface area contributed by atoms with Crippen LogP contribution < -0.4 is 35.4 Å². The lowest BCUT2D eigenvalue weighted by molar-refractivity contribution is -0.745. The molecule has 2 aromatic rings. The average Bonchev–Trinajstić information content (AvgIpc) is 3.45. The summed E-state index contributed by atoms with van der Waals surface area (Å²) in [4.78, 5) is 66.1. The molecular weight excluding hydrogens is 717 g/mol. The standard InChI is InChI=1S/C16H26BN5O20P4/c1-21-4-22(13-7(21)14(27)20-16(18)19-13)15-11(26)9(24)6(39-15)3-37-44(30,31)41-46(34,35)42-45(32,33)40-43(28,29)36-2-5-8(23)10(25)12(17)38-5/h4-6,8-12,15,23-26H,2-3H2,1H3,(H6-,18,19,20,27,28,29,30,31,32,33,34,35)/p-3/t5-,6-,8?,9?,10+,11?,12-,15-/m1/s1. The van der Waals surface area contributed by atoms with Crippen molar-refractivity contribution in [1.82, 2.24) is 14.5 Å². The molecule has 4 rings (SSSR count). The SMILES string of the molecule is [B][C@@H]1O[C@H](COP(=O)([O-])OP(=O)([O-])OP(=O)([O-])OP(=O)([O-])OC[C@H]2O[C@@H]([n+]3cn(C)c4c(=O)[nH]c(N)nc43)C(O)C2O)C(O)[C@@H]1O. The number of aliphatic hydroxyl groups excluding tert-OH is 4. The smallest absolute Gasteiger partial charge is 0.313 e. The van der Waals surface area contributed by atoms with E-state index in [4.69, 9.17) is 23.1 Å². The third kappa shape index (κ3) is 8.57. The van der Waals surface area contributed by atoms with Crippen LogP contribution in [0, 0.1) is 0 Å². The van der Waals surface area contributed by atoms with Crippen LogP contribution in [0.1, 0.15) is 6.23 Å². The number of aromatic amines is 1. The number of rotatable bonds is 13. The third-order valence-electron chi connectivity index (χ3n) is 6.19. The van der Waals surface area contributed by atoms with Crippen molar-refractivity contribution in [3.05, 3.63) is 16.7 Å². The fraction of sp³-hybridized carbons (Fsp3) is 0.688. The molecule has 46 heavy (non-hydrogen) atoms. The average molecular weight is 740 g/mol. The van der Waals surface area contributed by atoms with Crippen LogP contribution in [0.4, 0.5) is 5.95 Å². The van der Waals surface area contributed by atoms with E-state index in [1.54, 1.807) is 0 Å². The molecule has 2 saturated heterocycles. The van der Waals surface area contributed by atoms with E-state index in [1.165, 1.54) is 17.9 Å². The predicted octanol–water partition coefficient (Wildman–Crippen LogP) is -6.68. The first-order valence-electron chi connectivity index (χ1n) is 12.2. The van der Waals surface area contributed by atoms with Gasteiger partial charge in [-0.25, -0.2) is 17.5 Å². The molecule has 2 aromatic heterocycles. The van der Waals surface area contributed by atoms with E-state index < -0.39 is 98.9 Å². The fourth-order valence-electron chi connectivity index (χ4n) is 4.24. The maximum Gasteiger partial charge on any atom is 0.313 e. The van der Waals surface area contributed by atoms with Gasteiger partial charge in [0, 0.05) is 6.00 Å². The minimum Gasteiger partial charge on any atom is -0.756 e. The molecule has 25 nitrogen and oxygen atoms in total. The molecule has 12 atom stereocenters. The number of hydrogen-bond acceptors (Lipinski definition) is 22. The number of H-pyrrole nitrogens is 1. The number of aryl methyl sites for hydroxylation is 1. The Morgan fingerprint density at radius 1 is 0.913 bits per heavy atom. The topological polar surface area (TPSA) is 387 Å². The first kappa shape index (κ1) is 37.4. The van der Waals surface area contributed by atoms with Crippen molar-refractivity contribution in [2.45, 2.75) is 48.9 Å². The number of phosphoric acid groups is 4. The van der Waals surface area contributed by atoms with Crippen molar-refractivity contribution in [3.63, 3.8) is 0 Å². The zero-order chi connectivity index (χ0) is 34.6. The molecule has 0 spiro atoms. The van der Waals surface area contributed by atoms with Crippen molar-refractivity contribution in [2.24, 2.45) is 7.05 Å². The molecule has 4 heterocycles. The molecule has 0 bridgehead atoms. The molecule has 2 aliphatic rings. The van der Waals surface area contributed by atoms with Crippen LogP contribution in [0.3, 0.4) is 0 Å². The minimum absolute atomic E-state index is 0.0337. The summed E-state index contributed by atoms with van der Waals surface area (Å²) in [6.07, 6.45) is -10.8. The Morgan fingerprint density at radius 2 is 1.39 bits per heavy atom. The molecule has 7 unspecified atom stereocenters. The van der Waals surface area contributed by atoms with Crippen LogP contribution >= 0.6 is 31.3 Å². The second-order valence-electron chi connectivity index (χ2n) is 9.55. The summed E-state index contributed by atoms with van der Waals surface area (Å²) in [5.41, 5.74) is 4.73. The largest absolute Gasteiger partial charge is 0.756 e. The van der Waals surface area contributed by atoms with Crippen molar-refractivity contribution in [2.75, 3.05) is 18.9 Å². The number of phosphoric ester groups is 2. The van der Waals surface area contributed by atoms with Crippen LogP contribution in [-0.4, -0.2) is 98.6 Å². The molecule has 2 fully saturated rings. The number of imidazole rings is 1. The number of aliphatic hydroxyl groups is 4. The Bertz CT molecular complexity index is 1710. The van der Waals surface area contributed by atoms with Crippen LogP contribution in [-0.2, 0) is 56.8 Å². The highest BCUT2D eigenvalue weighted by molar-refractivity contribution is 7.68. The molecule has 0 aromatic carbocycles. The quantitative estimate of drug-likeness (QED) is 0.0631. The second-order valence-corrected chi connectivity index (χ2v) is 15.6. The van der Waals surface area contributed by atoms with Crippen molar-refractivity contribution in [1.29, 1.82) is 0 Å². The maximum absolute atomic E-state index is 12.2. The summed E-state index contributed by atoms with van der Waals surface area (Å²) in [6, 6.07) is -1.46. The summed E-state index contributed by atoms with van der Waals surface area (Å²) < 4.78 is 79.2. The van der Waals surface area contributed by atoms with E-state index in [0.717, 1.165) is 4.57 Å². The van der Waals surface area contributed by atoms with E-state index >= 15 is 0 Å². The highest BCUT2D eigenvalue weighted by atomic mass is 31.3. The summed E-state index contributed by atoms with van der Waals surface area (Å²) in [5, 5.41) is 40.0. The van der Waals surface area contributed by atoms with Crippen LogP contribution in [0.2, 0.25) is 0 Å². The zero-order valence-corrected chi connectivity index (χ0v) is 26.3. The second kappa shape index (κ2) is 13.4. The van der Waals surface area contributed by atoms with E-state index in [0.29, 0.717) is 0 Å². The maximum atomic E-state index is 12.2. The fourth-order valence-corrected chi connectivity index (χ4v) is 8.99. The van der Waals surface area contributed by atoms with Gasteiger partial charge >= 0.3 is 5.65 Å². The van der Waals surface area contributed by atoms with Gasteiger partial charge in [0.25, 0.3) is 42.8 Å². The Hall–Kier alpha value is -1.47. The number of fused-ring (bicyclic) bond motifs is 1. The molecule has 258 valence electrons. The predicted molar refractivity (Wildman–Crippen MR) is 134 cm³/mol. The Kier molecular flexibility index (Phi) is 10.9. The lowest BCUT2D eigenvalue weighted by Gasteiger charge is -2.36. The van der Waals surface area contributed by atoms with E-state index in [9.17, 15) is 63.1 Å². The van der Waals surface area contributed by atoms with Gasteiger partial charge in [0.15, 0.2) is 6.33 Å². The first-order chi connectivity index (χ1) is 21.0. The van der Waals surface area contributed by atoms with Crippen molar-refractivity contribution in [3.8, 4) is 0 Å². The number of ether oxygens (including phenoxy) is 2. The lowest BCUT2D eigenvalue weighted by atomic mass is 9.93. The molecule has 0 aliphatic carbocycles. The molecule has 0 amide bonds. The van der Waals surface area contributed by atoms with E-state index in [1.807, 2.05) is 0 Å². The van der Waals surface area contributed by atoms with Gasteiger partial charge in [0.1, 0.15) is 38.4 Å². The van der Waals surface area contributed by atoms with Gasteiger partial charge in [-0.15, -0.1) is 0 Å². The number of nitrogens with one attached hydrogen (secondary N) is 1. The van der Waals surface area contributed by atoms with E-state index in [-0.39, 0.29) is 17.1 Å². The Labute approximate surface area is 256 Å². The molecule has 30 heteroatoms. The van der Waals surface area contributed by atoms with Gasteiger partial charge in [-0.3, -0.25) is 32.6 Å². The van der Waals surface area contributed by atoms with Gasteiger partial charge in [0.05, 0.1) is 26.4 Å². The number of nitrogens with zero attached hydrogens (tertiary/aromatic N) is 3. The summed E-state index contributed by atoms with van der Waals surface area (Å²) in [5.74, 6) is -0.317.